The van der Waals surface area contributed by atoms with Gasteiger partial charge in [-0.25, -0.2) is 0 Å². The van der Waals surface area contributed by atoms with E-state index in [0.717, 1.165) is 34.6 Å². The number of para-hydroxylation sites is 1. The summed E-state index contributed by atoms with van der Waals surface area (Å²) in [6.45, 7) is 2.28. The van der Waals surface area contributed by atoms with Gasteiger partial charge in [-0.2, -0.15) is 0 Å². The molecule has 1 amide bonds. The molecule has 0 bridgehead atoms. The average Bonchev–Trinajstić information content (AvgIpc) is 2.49. The number of nitrogens with zero attached hydrogens (tertiary/aromatic N) is 1. The highest BCUT2D eigenvalue weighted by atomic mass is 32.1. The maximum Gasteiger partial charge on any atom is 0.253 e. The Balaban J connectivity index is 1.75. The highest BCUT2D eigenvalue weighted by Gasteiger charge is 2.20. The number of amides is 1. The fraction of sp³-hybridized carbons (Fsp3) is 0.412. The molecule has 3 nitrogen and oxygen atoms in total. The second-order valence-electron chi connectivity index (χ2n) is 6.00. The topological polar surface area (TPSA) is 42.0 Å². The molecule has 1 aliphatic rings. The number of nitrogens with one attached hydrogen (secondary N) is 1. The molecule has 4 heteroatoms. The van der Waals surface area contributed by atoms with Crippen LogP contribution in [0.5, 0.6) is 0 Å². The van der Waals surface area contributed by atoms with Crippen LogP contribution >= 0.6 is 12.6 Å². The number of aromatic nitrogens is 1. The summed E-state index contributed by atoms with van der Waals surface area (Å²) in [5, 5.41) is 4.09. The number of rotatable bonds is 2. The molecule has 0 atom stereocenters. The second kappa shape index (κ2) is 6.06. The first-order valence-corrected chi connectivity index (χ1v) is 7.97. The van der Waals surface area contributed by atoms with E-state index in [1.165, 1.54) is 12.8 Å². The molecule has 0 spiro atoms. The third-order valence-corrected chi connectivity index (χ3v) is 4.66. The van der Waals surface area contributed by atoms with Crippen molar-refractivity contribution < 1.29 is 4.79 Å². The Labute approximate surface area is 130 Å². The van der Waals surface area contributed by atoms with Crippen LogP contribution in [0.15, 0.2) is 35.4 Å². The van der Waals surface area contributed by atoms with Crippen LogP contribution in [0.3, 0.4) is 0 Å². The van der Waals surface area contributed by atoms with Gasteiger partial charge in [0.25, 0.3) is 5.91 Å². The fourth-order valence-electron chi connectivity index (χ4n) is 2.94. The van der Waals surface area contributed by atoms with Crippen LogP contribution in [0.2, 0.25) is 0 Å². The number of fused-ring (bicyclic) bond motifs is 1. The Hall–Kier alpha value is -1.55. The van der Waals surface area contributed by atoms with Crippen LogP contribution in [-0.4, -0.2) is 16.9 Å². The van der Waals surface area contributed by atoms with Crippen LogP contribution in [-0.2, 0) is 0 Å². The first-order valence-electron chi connectivity index (χ1n) is 7.52. The smallest absolute Gasteiger partial charge is 0.253 e. The first-order chi connectivity index (χ1) is 10.1. The van der Waals surface area contributed by atoms with Gasteiger partial charge in [0.2, 0.25) is 0 Å². The normalized spacial score (nSPS) is 22.2. The summed E-state index contributed by atoms with van der Waals surface area (Å²) >= 11 is 4.39. The van der Waals surface area contributed by atoms with Gasteiger partial charge in [-0.1, -0.05) is 19.1 Å². The Morgan fingerprint density at radius 2 is 2.05 bits per heavy atom. The molecule has 3 rings (SSSR count). The van der Waals surface area contributed by atoms with Crippen LogP contribution in [0.1, 0.15) is 43.0 Å². The summed E-state index contributed by atoms with van der Waals surface area (Å²) in [5.41, 5.74) is 1.46. The molecule has 0 saturated heterocycles. The van der Waals surface area contributed by atoms with E-state index in [0.29, 0.717) is 11.6 Å². The van der Waals surface area contributed by atoms with Gasteiger partial charge in [0, 0.05) is 22.5 Å². The average molecular weight is 300 g/mol. The molecule has 1 saturated carbocycles. The standard InChI is InChI=1S/C17H20N2OS/c1-11-5-7-14(8-6-11)19-17(20)13-9-12-3-2-4-15(21)16(12)18-10-13/h2-4,9-11,14,21H,5-8H2,1H3,(H,19,20). The van der Waals surface area contributed by atoms with Crippen molar-refractivity contribution in [1.29, 1.82) is 0 Å². The minimum Gasteiger partial charge on any atom is -0.349 e. The summed E-state index contributed by atoms with van der Waals surface area (Å²) in [6.07, 6.45) is 6.19. The third kappa shape index (κ3) is 3.21. The quantitative estimate of drug-likeness (QED) is 0.828. The maximum atomic E-state index is 12.4. The van der Waals surface area contributed by atoms with Crippen molar-refractivity contribution in [2.24, 2.45) is 5.92 Å². The lowest BCUT2D eigenvalue weighted by atomic mass is 9.87. The molecular formula is C17H20N2OS. The number of hydrogen-bond donors (Lipinski definition) is 2. The Morgan fingerprint density at radius 1 is 1.29 bits per heavy atom. The zero-order valence-corrected chi connectivity index (χ0v) is 13.1. The van der Waals surface area contributed by atoms with Crippen LogP contribution < -0.4 is 5.32 Å². The molecule has 21 heavy (non-hydrogen) atoms. The molecule has 0 unspecified atom stereocenters. The summed E-state index contributed by atoms with van der Waals surface area (Å²) < 4.78 is 0. The molecule has 0 radical (unpaired) electrons. The zero-order chi connectivity index (χ0) is 14.8. The Kier molecular flexibility index (Phi) is 4.15. The van der Waals surface area contributed by atoms with Gasteiger partial charge in [-0.15, -0.1) is 12.6 Å². The molecule has 110 valence electrons. The van der Waals surface area contributed by atoms with Gasteiger partial charge >= 0.3 is 0 Å². The number of pyridine rings is 1. The third-order valence-electron chi connectivity index (χ3n) is 4.30. The number of thiol groups is 1. The SMILES string of the molecule is CC1CCC(NC(=O)c2cnc3c(S)cccc3c2)CC1. The highest BCUT2D eigenvalue weighted by molar-refractivity contribution is 7.80. The predicted octanol–water partition coefficient (Wildman–Crippen LogP) is 3.83. The lowest BCUT2D eigenvalue weighted by Crippen LogP contribution is -2.37. The van der Waals surface area contributed by atoms with E-state index in [-0.39, 0.29) is 5.91 Å². The summed E-state index contributed by atoms with van der Waals surface area (Å²) in [7, 11) is 0. The highest BCUT2D eigenvalue weighted by Crippen LogP contribution is 2.24. The number of carbonyl (C=O) groups excluding carboxylic acids is 1. The predicted molar refractivity (Wildman–Crippen MR) is 87.9 cm³/mol. The van der Waals surface area contributed by atoms with E-state index in [1.807, 2.05) is 24.3 Å². The van der Waals surface area contributed by atoms with Crippen molar-refractivity contribution in [2.45, 2.75) is 43.5 Å². The summed E-state index contributed by atoms with van der Waals surface area (Å²) in [6, 6.07) is 7.99. The van der Waals surface area contributed by atoms with Crippen molar-refractivity contribution >= 4 is 29.4 Å². The molecule has 1 N–H and O–H groups in total. The molecule has 2 aromatic rings. The Bertz CT molecular complexity index is 663. The van der Waals surface area contributed by atoms with E-state index in [1.54, 1.807) is 6.20 Å². The number of benzene rings is 1. The van der Waals surface area contributed by atoms with Gasteiger partial charge in [0.05, 0.1) is 11.1 Å². The second-order valence-corrected chi connectivity index (χ2v) is 6.48. The van der Waals surface area contributed by atoms with E-state index in [2.05, 4.69) is 29.9 Å². The van der Waals surface area contributed by atoms with Gasteiger partial charge < -0.3 is 5.32 Å². The molecule has 1 aromatic heterocycles. The Morgan fingerprint density at radius 3 is 2.81 bits per heavy atom. The van der Waals surface area contributed by atoms with Crippen molar-refractivity contribution in [1.82, 2.24) is 10.3 Å². The van der Waals surface area contributed by atoms with Crippen LogP contribution in [0.4, 0.5) is 0 Å². The van der Waals surface area contributed by atoms with E-state index < -0.39 is 0 Å². The summed E-state index contributed by atoms with van der Waals surface area (Å²) in [5.74, 6) is 0.766. The minimum absolute atomic E-state index is 0.0199. The molecule has 1 fully saturated rings. The van der Waals surface area contributed by atoms with Gasteiger partial charge in [-0.3, -0.25) is 9.78 Å². The van der Waals surface area contributed by atoms with Gasteiger partial charge in [-0.05, 0) is 43.7 Å². The molecule has 1 heterocycles. The van der Waals surface area contributed by atoms with Crippen molar-refractivity contribution in [3.8, 4) is 0 Å². The fourth-order valence-corrected chi connectivity index (χ4v) is 3.21. The molecule has 0 aliphatic heterocycles. The van der Waals surface area contributed by atoms with Gasteiger partial charge in [0.1, 0.15) is 0 Å². The first kappa shape index (κ1) is 14.4. The zero-order valence-electron chi connectivity index (χ0n) is 12.2. The van der Waals surface area contributed by atoms with Gasteiger partial charge in [0.15, 0.2) is 0 Å². The molecular weight excluding hydrogens is 280 g/mol. The monoisotopic (exact) mass is 300 g/mol. The van der Waals surface area contributed by atoms with Crippen molar-refractivity contribution in [2.75, 3.05) is 0 Å². The number of hydrogen-bond acceptors (Lipinski definition) is 3. The van der Waals surface area contributed by atoms with Crippen molar-refractivity contribution in [3.05, 3.63) is 36.0 Å². The lowest BCUT2D eigenvalue weighted by molar-refractivity contribution is 0.0923. The van der Waals surface area contributed by atoms with E-state index >= 15 is 0 Å². The number of carbonyl (C=O) groups is 1. The van der Waals surface area contributed by atoms with Crippen LogP contribution in [0.25, 0.3) is 10.9 Å². The summed E-state index contributed by atoms with van der Waals surface area (Å²) in [4.78, 5) is 17.6. The minimum atomic E-state index is -0.0199. The van der Waals surface area contributed by atoms with E-state index in [9.17, 15) is 4.79 Å². The van der Waals surface area contributed by atoms with Crippen molar-refractivity contribution in [3.63, 3.8) is 0 Å². The largest absolute Gasteiger partial charge is 0.349 e. The maximum absolute atomic E-state index is 12.4. The lowest BCUT2D eigenvalue weighted by Gasteiger charge is -2.26. The molecule has 1 aromatic carbocycles. The van der Waals surface area contributed by atoms with E-state index in [4.69, 9.17) is 0 Å². The molecule has 1 aliphatic carbocycles. The van der Waals surface area contributed by atoms with Crippen LogP contribution in [0, 0.1) is 5.92 Å².